The van der Waals surface area contributed by atoms with E-state index in [-0.39, 0.29) is 5.92 Å². The first-order valence-corrected chi connectivity index (χ1v) is 8.32. The molecule has 1 atom stereocenters. The molecule has 7 heteroatoms. The number of carbonyl (C=O) groups excluding carboxylic acids is 1. The molecular weight excluding hydrogens is 282 g/mol. The smallest absolute Gasteiger partial charge is 0.428 e. The van der Waals surface area contributed by atoms with Gasteiger partial charge in [0, 0.05) is 0 Å². The molecule has 0 aliphatic heterocycles. The van der Waals surface area contributed by atoms with Gasteiger partial charge in [-0.15, -0.1) is 0 Å². The van der Waals surface area contributed by atoms with Gasteiger partial charge in [-0.3, -0.25) is 0 Å². The monoisotopic (exact) mass is 307 g/mol. The summed E-state index contributed by atoms with van der Waals surface area (Å²) >= 11 is 0. The van der Waals surface area contributed by atoms with Crippen LogP contribution in [0.15, 0.2) is 0 Å². The highest BCUT2D eigenvalue weighted by Crippen LogP contribution is 2.35. The lowest BCUT2D eigenvalue weighted by Gasteiger charge is -2.34. The van der Waals surface area contributed by atoms with E-state index >= 15 is 0 Å². The molecule has 2 N–H and O–H groups in total. The van der Waals surface area contributed by atoms with Gasteiger partial charge in [0.05, 0.1) is 0 Å². The summed E-state index contributed by atoms with van der Waals surface area (Å²) in [5, 5.41) is 0. The Balaban J connectivity index is 2.78. The molecule has 118 valence electrons. The summed E-state index contributed by atoms with van der Waals surface area (Å²) in [6.45, 7) is 6.29. The normalized spacial score (nSPS) is 21.1. The Kier molecular flexibility index (Phi) is 5.08. The van der Waals surface area contributed by atoms with Crippen molar-refractivity contribution in [3.63, 3.8) is 0 Å². The first-order chi connectivity index (χ1) is 8.96. The number of hydrogen-bond donors (Lipinski definition) is 1. The van der Waals surface area contributed by atoms with Crippen molar-refractivity contribution in [3.8, 4) is 0 Å². The first-order valence-electron chi connectivity index (χ1n) is 6.91. The minimum Gasteiger partial charge on any atom is -0.428 e. The summed E-state index contributed by atoms with van der Waals surface area (Å²) < 4.78 is 33.8. The van der Waals surface area contributed by atoms with Crippen LogP contribution in [0.5, 0.6) is 0 Å². The summed E-state index contributed by atoms with van der Waals surface area (Å²) in [4.78, 5) is 9.95. The van der Waals surface area contributed by atoms with Gasteiger partial charge in [-0.2, -0.15) is 8.42 Å². The van der Waals surface area contributed by atoms with E-state index in [0.717, 1.165) is 32.1 Å². The molecule has 1 unspecified atom stereocenters. The van der Waals surface area contributed by atoms with E-state index in [9.17, 15) is 13.2 Å². The molecule has 1 aliphatic carbocycles. The largest absolute Gasteiger partial charge is 0.524 e. The Hall–Kier alpha value is -0.820. The van der Waals surface area contributed by atoms with Gasteiger partial charge in [-0.25, -0.2) is 4.79 Å². The minimum atomic E-state index is -4.23. The maximum atomic E-state index is 12.2. The predicted octanol–water partition coefficient (Wildman–Crippen LogP) is 2.52. The average molecular weight is 307 g/mol. The third-order valence-corrected chi connectivity index (χ3v) is 5.29. The Morgan fingerprint density at radius 1 is 1.10 bits per heavy atom. The van der Waals surface area contributed by atoms with Crippen LogP contribution in [-0.4, -0.2) is 25.0 Å². The number of hydrogen-bond acceptors (Lipinski definition) is 6. The van der Waals surface area contributed by atoms with Crippen LogP contribution in [0.1, 0.15) is 59.8 Å². The lowest BCUT2D eigenvalue weighted by molar-refractivity contribution is 0.0210. The van der Waals surface area contributed by atoms with Crippen LogP contribution < -0.4 is 5.73 Å². The summed E-state index contributed by atoms with van der Waals surface area (Å²) in [5.74, 6) is -0.205. The Morgan fingerprint density at radius 2 is 1.60 bits per heavy atom. The van der Waals surface area contributed by atoms with Crippen LogP contribution in [0.25, 0.3) is 0 Å². The van der Waals surface area contributed by atoms with E-state index < -0.39 is 26.7 Å². The van der Waals surface area contributed by atoms with Gasteiger partial charge < -0.3 is 14.7 Å². The summed E-state index contributed by atoms with van der Waals surface area (Å²) in [6, 6.07) is 0. The Bertz CT molecular complexity index is 444. The van der Waals surface area contributed by atoms with Gasteiger partial charge in [0.2, 0.25) is 0 Å². The molecule has 1 fully saturated rings. The van der Waals surface area contributed by atoms with E-state index in [1.165, 1.54) is 6.92 Å². The van der Waals surface area contributed by atoms with Crippen molar-refractivity contribution in [2.75, 3.05) is 0 Å². The fourth-order valence-corrected chi connectivity index (χ4v) is 3.36. The molecule has 20 heavy (non-hydrogen) atoms. The highest BCUT2D eigenvalue weighted by molar-refractivity contribution is 7.88. The minimum absolute atomic E-state index is 0.205. The van der Waals surface area contributed by atoms with Crippen molar-refractivity contribution < 1.29 is 22.1 Å². The molecule has 0 aromatic carbocycles. The molecule has 0 aromatic heterocycles. The van der Waals surface area contributed by atoms with Crippen molar-refractivity contribution in [2.24, 2.45) is 11.7 Å². The van der Waals surface area contributed by atoms with Crippen molar-refractivity contribution in [1.29, 1.82) is 0 Å². The van der Waals surface area contributed by atoms with Crippen LogP contribution in [0.3, 0.4) is 0 Å². The molecule has 1 aliphatic rings. The lowest BCUT2D eigenvalue weighted by atomic mass is 9.84. The second kappa shape index (κ2) is 5.89. The zero-order chi connectivity index (χ0) is 15.6. The highest BCUT2D eigenvalue weighted by atomic mass is 32.2. The van der Waals surface area contributed by atoms with Crippen molar-refractivity contribution >= 4 is 16.3 Å². The topological polar surface area (TPSA) is 95.7 Å². The zero-order valence-electron chi connectivity index (χ0n) is 12.6. The molecule has 0 bridgehead atoms. The third-order valence-electron chi connectivity index (χ3n) is 3.52. The molecule has 1 saturated carbocycles. The molecule has 0 saturated heterocycles. The van der Waals surface area contributed by atoms with Gasteiger partial charge in [0.25, 0.3) is 0 Å². The van der Waals surface area contributed by atoms with Crippen molar-refractivity contribution in [1.82, 2.24) is 0 Å². The predicted molar refractivity (Wildman–Crippen MR) is 75.4 cm³/mol. The molecule has 0 aromatic rings. The fourth-order valence-electron chi connectivity index (χ4n) is 2.33. The van der Waals surface area contributed by atoms with Crippen molar-refractivity contribution in [2.45, 2.75) is 70.3 Å². The maximum Gasteiger partial charge on any atom is 0.524 e. The van der Waals surface area contributed by atoms with E-state index in [1.807, 2.05) is 0 Å². The van der Waals surface area contributed by atoms with E-state index in [4.69, 9.17) is 10.5 Å². The Labute approximate surface area is 121 Å². The number of rotatable bonds is 3. The van der Waals surface area contributed by atoms with Crippen LogP contribution >= 0.6 is 0 Å². The molecular formula is C13H25NO5S. The number of nitrogens with two attached hydrogens (primary N) is 1. The lowest BCUT2D eigenvalue weighted by Crippen LogP contribution is -2.53. The summed E-state index contributed by atoms with van der Waals surface area (Å²) in [5.41, 5.74) is 5.14. The van der Waals surface area contributed by atoms with Crippen LogP contribution in [0.4, 0.5) is 4.79 Å². The van der Waals surface area contributed by atoms with Crippen molar-refractivity contribution in [3.05, 3.63) is 0 Å². The van der Waals surface area contributed by atoms with Gasteiger partial charge in [0.1, 0.15) is 5.60 Å². The van der Waals surface area contributed by atoms with Gasteiger partial charge in [0.15, 0.2) is 4.87 Å². The Morgan fingerprint density at radius 3 is 2.05 bits per heavy atom. The second-order valence-corrected chi connectivity index (χ2v) is 8.48. The third kappa shape index (κ3) is 4.34. The van der Waals surface area contributed by atoms with Gasteiger partial charge >= 0.3 is 16.3 Å². The molecule has 1 rings (SSSR count). The molecule has 0 spiro atoms. The van der Waals surface area contributed by atoms with Crippen LogP contribution in [0.2, 0.25) is 0 Å². The van der Waals surface area contributed by atoms with E-state index in [2.05, 4.69) is 4.18 Å². The fraction of sp³-hybridized carbons (Fsp3) is 0.923. The van der Waals surface area contributed by atoms with Gasteiger partial charge in [-0.1, -0.05) is 19.3 Å². The zero-order valence-corrected chi connectivity index (χ0v) is 13.5. The average Bonchev–Trinajstić information content (AvgIpc) is 2.26. The van der Waals surface area contributed by atoms with Gasteiger partial charge in [-0.05, 0) is 46.5 Å². The maximum absolute atomic E-state index is 12.2. The standard InChI is InChI=1S/C13H25NO5S/c1-12(2,3)18-11(15)19-20(16,17)13(4,14)10-8-6-5-7-9-10/h10H,5-9,14H2,1-4H3. The highest BCUT2D eigenvalue weighted by Gasteiger charge is 2.46. The SMILES string of the molecule is CC(C)(C)OC(=O)OS(=O)(=O)C(C)(N)C1CCCCC1. The van der Waals surface area contributed by atoms with Crippen LogP contribution in [-0.2, 0) is 19.0 Å². The van der Waals surface area contributed by atoms with E-state index in [1.54, 1.807) is 20.8 Å². The summed E-state index contributed by atoms with van der Waals surface area (Å²) in [7, 11) is -4.23. The summed E-state index contributed by atoms with van der Waals surface area (Å²) in [6.07, 6.45) is 3.19. The van der Waals surface area contributed by atoms with E-state index in [0.29, 0.717) is 0 Å². The molecule has 0 heterocycles. The molecule has 0 radical (unpaired) electrons. The number of ether oxygens (including phenoxy) is 1. The first kappa shape index (κ1) is 17.2. The molecule has 6 nitrogen and oxygen atoms in total. The molecule has 0 amide bonds. The van der Waals surface area contributed by atoms with Crippen LogP contribution in [0, 0.1) is 5.92 Å². The second-order valence-electron chi connectivity index (χ2n) is 6.52. The quantitative estimate of drug-likeness (QED) is 0.636. The number of carbonyl (C=O) groups is 1.